The van der Waals surface area contributed by atoms with Crippen molar-refractivity contribution >= 4 is 5.97 Å². The molecule has 3 nitrogen and oxygen atoms in total. The molecular formula is C18H28O3. The summed E-state index contributed by atoms with van der Waals surface area (Å²) in [6.07, 6.45) is 4.77. The van der Waals surface area contributed by atoms with Crippen LogP contribution in [0.2, 0.25) is 0 Å². The van der Waals surface area contributed by atoms with Crippen molar-refractivity contribution in [3.8, 4) is 11.8 Å². The Morgan fingerprint density at radius 1 is 1.38 bits per heavy atom. The first-order valence-electron chi connectivity index (χ1n) is 7.77. The molecule has 1 aliphatic carbocycles. The van der Waals surface area contributed by atoms with Crippen LogP contribution in [0.4, 0.5) is 0 Å². The zero-order valence-corrected chi connectivity index (χ0v) is 14.0. The molecule has 21 heavy (non-hydrogen) atoms. The molecule has 0 spiro atoms. The highest BCUT2D eigenvalue weighted by Gasteiger charge is 2.36. The molecule has 1 fully saturated rings. The van der Waals surface area contributed by atoms with Crippen LogP contribution in [0.15, 0.2) is 11.6 Å². The van der Waals surface area contributed by atoms with E-state index in [9.17, 15) is 9.90 Å². The predicted molar refractivity (Wildman–Crippen MR) is 84.5 cm³/mol. The Kier molecular flexibility index (Phi) is 6.04. The molecular weight excluding hydrogens is 264 g/mol. The fraction of sp³-hybridized carbons (Fsp3) is 0.722. The molecule has 0 aromatic rings. The van der Waals surface area contributed by atoms with Gasteiger partial charge in [-0.25, -0.2) is 4.79 Å². The minimum atomic E-state index is -0.911. The molecule has 1 saturated carbocycles. The van der Waals surface area contributed by atoms with Crippen LogP contribution >= 0.6 is 0 Å². The standard InChI is InChI=1S/C18H28O3/c1-6-21-16(19)13-14(2)7-10-18(20)11-8-15(9-12-18)17(3,4)5/h13,15,20H,6,8-9,11-12H2,1-5H3/b14-13+. The third-order valence-electron chi connectivity index (χ3n) is 4.15. The molecule has 3 heteroatoms. The van der Waals surface area contributed by atoms with E-state index < -0.39 is 5.60 Å². The van der Waals surface area contributed by atoms with E-state index in [0.29, 0.717) is 30.9 Å². The summed E-state index contributed by atoms with van der Waals surface area (Å²) in [6, 6.07) is 0. The topological polar surface area (TPSA) is 46.5 Å². The van der Waals surface area contributed by atoms with Gasteiger partial charge in [0.05, 0.1) is 6.61 Å². The Morgan fingerprint density at radius 2 is 1.95 bits per heavy atom. The lowest BCUT2D eigenvalue weighted by Crippen LogP contribution is -2.36. The van der Waals surface area contributed by atoms with Crippen molar-refractivity contribution in [1.29, 1.82) is 0 Å². The quantitative estimate of drug-likeness (QED) is 0.481. The largest absolute Gasteiger partial charge is 0.463 e. The van der Waals surface area contributed by atoms with Crippen molar-refractivity contribution in [2.45, 2.75) is 65.9 Å². The van der Waals surface area contributed by atoms with Gasteiger partial charge in [-0.3, -0.25) is 0 Å². The van der Waals surface area contributed by atoms with Crippen molar-refractivity contribution in [3.05, 3.63) is 11.6 Å². The summed E-state index contributed by atoms with van der Waals surface area (Å²) in [6.45, 7) is 10.6. The van der Waals surface area contributed by atoms with Gasteiger partial charge in [-0.05, 0) is 50.9 Å². The number of rotatable bonds is 2. The number of allylic oxidation sites excluding steroid dienone is 1. The van der Waals surface area contributed by atoms with E-state index in [4.69, 9.17) is 4.74 Å². The SMILES string of the molecule is CCOC(=O)/C=C(\C)C#CC1(O)CCC(C(C)(C)C)CC1. The van der Waals surface area contributed by atoms with Crippen LogP contribution in [0.3, 0.4) is 0 Å². The maximum Gasteiger partial charge on any atom is 0.331 e. The van der Waals surface area contributed by atoms with Gasteiger partial charge in [-0.1, -0.05) is 32.6 Å². The molecule has 1 aliphatic rings. The molecule has 0 radical (unpaired) electrons. The van der Waals surface area contributed by atoms with E-state index in [2.05, 4.69) is 32.6 Å². The van der Waals surface area contributed by atoms with Crippen LogP contribution < -0.4 is 0 Å². The van der Waals surface area contributed by atoms with Crippen LogP contribution in [0.25, 0.3) is 0 Å². The average molecular weight is 292 g/mol. The maximum atomic E-state index is 11.3. The Labute approximate surface area is 128 Å². The number of carbonyl (C=O) groups excluding carboxylic acids is 1. The Bertz CT molecular complexity index is 449. The van der Waals surface area contributed by atoms with Crippen LogP contribution in [-0.2, 0) is 9.53 Å². The second kappa shape index (κ2) is 7.13. The second-order valence-corrected chi connectivity index (χ2v) is 7.00. The number of hydrogen-bond donors (Lipinski definition) is 1. The zero-order valence-electron chi connectivity index (χ0n) is 14.0. The molecule has 1 rings (SSSR count). The molecule has 0 aromatic heterocycles. The van der Waals surface area contributed by atoms with Gasteiger partial charge in [0.25, 0.3) is 0 Å². The molecule has 1 N–H and O–H groups in total. The predicted octanol–water partition coefficient (Wildman–Crippen LogP) is 3.47. The zero-order chi connectivity index (χ0) is 16.1. The van der Waals surface area contributed by atoms with Crippen LogP contribution in [0.5, 0.6) is 0 Å². The summed E-state index contributed by atoms with van der Waals surface area (Å²) >= 11 is 0. The summed E-state index contributed by atoms with van der Waals surface area (Å²) in [5.74, 6) is 6.10. The Hall–Kier alpha value is -1.27. The van der Waals surface area contributed by atoms with Gasteiger partial charge in [0.2, 0.25) is 0 Å². The van der Waals surface area contributed by atoms with E-state index in [-0.39, 0.29) is 11.4 Å². The lowest BCUT2D eigenvalue weighted by atomic mass is 9.68. The number of ether oxygens (including phenoxy) is 1. The van der Waals surface area contributed by atoms with Crippen molar-refractivity contribution < 1.29 is 14.6 Å². The highest BCUT2D eigenvalue weighted by atomic mass is 16.5. The van der Waals surface area contributed by atoms with Crippen molar-refractivity contribution in [2.75, 3.05) is 6.61 Å². The van der Waals surface area contributed by atoms with E-state index in [1.165, 1.54) is 6.08 Å². The Balaban J connectivity index is 2.64. The van der Waals surface area contributed by atoms with E-state index >= 15 is 0 Å². The summed E-state index contributed by atoms with van der Waals surface area (Å²) in [5, 5.41) is 10.5. The average Bonchev–Trinajstić information content (AvgIpc) is 2.36. The fourth-order valence-corrected chi connectivity index (χ4v) is 2.70. The third-order valence-corrected chi connectivity index (χ3v) is 4.15. The highest BCUT2D eigenvalue weighted by molar-refractivity contribution is 5.83. The first-order chi connectivity index (χ1) is 9.66. The lowest BCUT2D eigenvalue weighted by Gasteiger charge is -2.39. The molecule has 0 unspecified atom stereocenters. The molecule has 118 valence electrons. The molecule has 0 amide bonds. The number of aliphatic hydroxyl groups is 1. The smallest absolute Gasteiger partial charge is 0.331 e. The van der Waals surface area contributed by atoms with Gasteiger partial charge in [-0.15, -0.1) is 0 Å². The minimum Gasteiger partial charge on any atom is -0.463 e. The van der Waals surface area contributed by atoms with Gasteiger partial charge < -0.3 is 9.84 Å². The van der Waals surface area contributed by atoms with Gasteiger partial charge in [0, 0.05) is 11.6 Å². The van der Waals surface area contributed by atoms with Crippen LogP contribution in [0.1, 0.15) is 60.3 Å². The van der Waals surface area contributed by atoms with Crippen LogP contribution in [-0.4, -0.2) is 23.3 Å². The maximum absolute atomic E-state index is 11.3. The lowest BCUT2D eigenvalue weighted by molar-refractivity contribution is -0.137. The molecule has 0 bridgehead atoms. The van der Waals surface area contributed by atoms with E-state index in [1.54, 1.807) is 13.8 Å². The van der Waals surface area contributed by atoms with Crippen molar-refractivity contribution in [1.82, 2.24) is 0 Å². The summed E-state index contributed by atoms with van der Waals surface area (Å²) in [4.78, 5) is 11.3. The monoisotopic (exact) mass is 292 g/mol. The highest BCUT2D eigenvalue weighted by Crippen LogP contribution is 2.41. The molecule has 0 aliphatic heterocycles. The normalized spacial score (nSPS) is 26.8. The van der Waals surface area contributed by atoms with E-state index in [1.807, 2.05) is 0 Å². The van der Waals surface area contributed by atoms with Crippen molar-refractivity contribution in [2.24, 2.45) is 11.3 Å². The number of esters is 1. The van der Waals surface area contributed by atoms with E-state index in [0.717, 1.165) is 12.8 Å². The van der Waals surface area contributed by atoms with Gasteiger partial charge in [-0.2, -0.15) is 0 Å². The first-order valence-corrected chi connectivity index (χ1v) is 7.77. The third kappa shape index (κ3) is 5.93. The first kappa shape index (κ1) is 17.8. The molecule has 0 aromatic carbocycles. The minimum absolute atomic E-state index is 0.286. The van der Waals surface area contributed by atoms with Gasteiger partial charge in [0.15, 0.2) is 0 Å². The molecule has 0 saturated heterocycles. The molecule has 0 heterocycles. The molecule has 0 atom stereocenters. The van der Waals surface area contributed by atoms with Gasteiger partial charge >= 0.3 is 5.97 Å². The van der Waals surface area contributed by atoms with Gasteiger partial charge in [0.1, 0.15) is 5.60 Å². The second-order valence-electron chi connectivity index (χ2n) is 7.00. The number of hydrogen-bond acceptors (Lipinski definition) is 3. The number of carbonyl (C=O) groups is 1. The van der Waals surface area contributed by atoms with Crippen molar-refractivity contribution in [3.63, 3.8) is 0 Å². The summed E-state index contributed by atoms with van der Waals surface area (Å²) in [7, 11) is 0. The summed E-state index contributed by atoms with van der Waals surface area (Å²) < 4.78 is 4.84. The summed E-state index contributed by atoms with van der Waals surface area (Å²) in [5.41, 5.74) is -0.000167. The van der Waals surface area contributed by atoms with Crippen LogP contribution in [0, 0.1) is 23.2 Å². The fourth-order valence-electron chi connectivity index (χ4n) is 2.70. The Morgan fingerprint density at radius 3 is 2.43 bits per heavy atom.